The Morgan fingerprint density at radius 1 is 1.10 bits per heavy atom. The Kier molecular flexibility index (Phi) is 7.46. The molecule has 1 aliphatic heterocycles. The number of aromatic amines is 1. The summed E-state index contributed by atoms with van der Waals surface area (Å²) in [7, 11) is 0. The summed E-state index contributed by atoms with van der Waals surface area (Å²) in [4.78, 5) is 29.5. The SMILES string of the molecule is Cc1ncc(C(O)C2=Cc3cc(Br)cnc3C(N3CCN(C(=O)Nc4ccccc4)CC3)c3ccc(Cl)cc32)[nH]1. The van der Waals surface area contributed by atoms with Crippen molar-refractivity contribution in [2.75, 3.05) is 31.5 Å². The summed E-state index contributed by atoms with van der Waals surface area (Å²) in [6, 6.07) is 17.0. The van der Waals surface area contributed by atoms with Crippen LogP contribution in [-0.4, -0.2) is 62.1 Å². The van der Waals surface area contributed by atoms with Crippen molar-refractivity contribution in [3.05, 3.63) is 110 Å². The van der Waals surface area contributed by atoms with Gasteiger partial charge in [0.25, 0.3) is 0 Å². The molecular weight excluding hydrogens is 592 g/mol. The Balaban J connectivity index is 1.35. The van der Waals surface area contributed by atoms with E-state index in [2.05, 4.69) is 36.1 Å². The highest BCUT2D eigenvalue weighted by atomic mass is 79.9. The highest BCUT2D eigenvalue weighted by Gasteiger charge is 2.35. The number of benzene rings is 2. The minimum atomic E-state index is -0.942. The van der Waals surface area contributed by atoms with E-state index < -0.39 is 6.10 Å². The van der Waals surface area contributed by atoms with Crippen LogP contribution in [0, 0.1) is 6.92 Å². The quantitative estimate of drug-likeness (QED) is 0.258. The summed E-state index contributed by atoms with van der Waals surface area (Å²) in [6.07, 6.45) is 4.51. The van der Waals surface area contributed by atoms with E-state index in [0.29, 0.717) is 42.5 Å². The third-order valence-corrected chi connectivity index (χ3v) is 8.08. The summed E-state index contributed by atoms with van der Waals surface area (Å²) in [5.41, 5.74) is 5.75. The molecule has 3 N–H and O–H groups in total. The van der Waals surface area contributed by atoms with Gasteiger partial charge in [-0.15, -0.1) is 0 Å². The fraction of sp³-hybridized carbons (Fsp3) is 0.233. The number of aliphatic hydroxyl groups excluding tert-OH is 1. The molecule has 1 aliphatic carbocycles. The van der Waals surface area contributed by atoms with E-state index in [1.54, 1.807) is 12.4 Å². The lowest BCUT2D eigenvalue weighted by molar-refractivity contribution is 0.125. The summed E-state index contributed by atoms with van der Waals surface area (Å²) >= 11 is 10.1. The van der Waals surface area contributed by atoms with Gasteiger partial charge in [-0.25, -0.2) is 9.78 Å². The number of nitrogens with one attached hydrogen (secondary N) is 2. The first-order chi connectivity index (χ1) is 19.4. The standard InChI is InChI=1S/C30H28BrClN6O2/c1-18-33-17-26(35-18)29(39)25-14-19-13-20(31)16-34-27(19)28(23-8-7-21(32)15-24(23)25)37-9-11-38(12-10-37)30(40)36-22-5-3-2-4-6-22/h2-8,13-17,28-29,39H,9-12H2,1H3,(H,33,35)(H,36,40). The first-order valence-corrected chi connectivity index (χ1v) is 14.3. The van der Waals surface area contributed by atoms with Crippen molar-refractivity contribution in [2.45, 2.75) is 19.1 Å². The zero-order valence-corrected chi connectivity index (χ0v) is 24.2. The first kappa shape index (κ1) is 26.7. The second-order valence-electron chi connectivity index (χ2n) is 10.0. The van der Waals surface area contributed by atoms with Crippen molar-refractivity contribution in [2.24, 2.45) is 0 Å². The first-order valence-electron chi connectivity index (χ1n) is 13.1. The van der Waals surface area contributed by atoms with Crippen LogP contribution >= 0.6 is 27.5 Å². The van der Waals surface area contributed by atoms with Crippen LogP contribution < -0.4 is 5.32 Å². The number of imidazole rings is 1. The number of amides is 2. The molecular formula is C30H28BrClN6O2. The molecule has 2 aliphatic rings. The molecule has 0 bridgehead atoms. The van der Waals surface area contributed by atoms with E-state index in [9.17, 15) is 9.90 Å². The van der Waals surface area contributed by atoms with E-state index in [4.69, 9.17) is 16.6 Å². The summed E-state index contributed by atoms with van der Waals surface area (Å²) < 4.78 is 0.846. The number of nitrogens with zero attached hydrogens (tertiary/aromatic N) is 4. The zero-order chi connectivity index (χ0) is 27.8. The fourth-order valence-electron chi connectivity index (χ4n) is 5.47. The molecule has 6 rings (SSSR count). The number of anilines is 1. The predicted molar refractivity (Wildman–Crippen MR) is 160 cm³/mol. The topological polar surface area (TPSA) is 97.4 Å². The van der Waals surface area contributed by atoms with E-state index in [0.717, 1.165) is 38.4 Å². The van der Waals surface area contributed by atoms with Gasteiger partial charge in [-0.1, -0.05) is 35.9 Å². The monoisotopic (exact) mass is 618 g/mol. The molecule has 8 nitrogen and oxygen atoms in total. The number of hydrogen-bond donors (Lipinski definition) is 3. The molecule has 40 heavy (non-hydrogen) atoms. The number of carbonyl (C=O) groups excluding carboxylic acids is 1. The molecule has 0 radical (unpaired) electrons. The molecule has 204 valence electrons. The lowest BCUT2D eigenvalue weighted by Crippen LogP contribution is -2.51. The van der Waals surface area contributed by atoms with E-state index in [1.807, 2.05) is 72.5 Å². The Bertz CT molecular complexity index is 1580. The van der Waals surface area contributed by atoms with Crippen molar-refractivity contribution in [1.82, 2.24) is 24.8 Å². The van der Waals surface area contributed by atoms with Gasteiger partial charge < -0.3 is 20.3 Å². The molecule has 4 aromatic rings. The molecule has 2 atom stereocenters. The number of rotatable bonds is 4. The van der Waals surface area contributed by atoms with Crippen LogP contribution in [0.25, 0.3) is 11.6 Å². The Morgan fingerprint density at radius 2 is 1.88 bits per heavy atom. The average molecular weight is 620 g/mol. The van der Waals surface area contributed by atoms with Gasteiger partial charge in [0, 0.05) is 47.6 Å². The minimum absolute atomic E-state index is 0.108. The lowest BCUT2D eigenvalue weighted by Gasteiger charge is -2.39. The zero-order valence-electron chi connectivity index (χ0n) is 21.8. The van der Waals surface area contributed by atoms with E-state index in [1.165, 1.54) is 0 Å². The van der Waals surface area contributed by atoms with Crippen molar-refractivity contribution in [3.8, 4) is 0 Å². The maximum absolute atomic E-state index is 13.0. The van der Waals surface area contributed by atoms with Crippen LogP contribution in [-0.2, 0) is 0 Å². The maximum atomic E-state index is 13.0. The smallest absolute Gasteiger partial charge is 0.321 e. The fourth-order valence-corrected chi connectivity index (χ4v) is 5.99. The molecule has 1 saturated heterocycles. The van der Waals surface area contributed by atoms with Crippen molar-refractivity contribution < 1.29 is 9.90 Å². The molecule has 2 unspecified atom stereocenters. The molecule has 0 spiro atoms. The molecule has 2 aromatic heterocycles. The number of fused-ring (bicyclic) bond motifs is 2. The number of piperazine rings is 1. The predicted octanol–water partition coefficient (Wildman–Crippen LogP) is 6.06. The van der Waals surface area contributed by atoms with Gasteiger partial charge in [-0.3, -0.25) is 9.88 Å². The van der Waals surface area contributed by atoms with Crippen molar-refractivity contribution in [1.29, 1.82) is 0 Å². The molecule has 10 heteroatoms. The Hall–Kier alpha value is -3.50. The van der Waals surface area contributed by atoms with E-state index >= 15 is 0 Å². The number of hydrogen-bond acceptors (Lipinski definition) is 5. The summed E-state index contributed by atoms with van der Waals surface area (Å²) in [5.74, 6) is 0.728. The number of aliphatic hydroxyl groups is 1. The van der Waals surface area contributed by atoms with Gasteiger partial charge >= 0.3 is 6.03 Å². The molecule has 0 saturated carbocycles. The lowest BCUT2D eigenvalue weighted by atomic mass is 9.91. The second-order valence-corrected chi connectivity index (χ2v) is 11.4. The second kappa shape index (κ2) is 11.2. The van der Waals surface area contributed by atoms with Gasteiger partial charge in [-0.2, -0.15) is 0 Å². The van der Waals surface area contributed by atoms with Crippen LogP contribution in [0.1, 0.15) is 46.0 Å². The third-order valence-electron chi connectivity index (χ3n) is 7.41. The van der Waals surface area contributed by atoms with E-state index in [-0.39, 0.29) is 12.1 Å². The Labute approximate surface area is 245 Å². The van der Waals surface area contributed by atoms with Crippen LogP contribution in [0.5, 0.6) is 0 Å². The van der Waals surface area contributed by atoms with Gasteiger partial charge in [0.15, 0.2) is 0 Å². The minimum Gasteiger partial charge on any atom is -0.382 e. The van der Waals surface area contributed by atoms with Crippen LogP contribution in [0.3, 0.4) is 0 Å². The van der Waals surface area contributed by atoms with Gasteiger partial charge in [0.1, 0.15) is 11.9 Å². The van der Waals surface area contributed by atoms with Gasteiger partial charge in [0.2, 0.25) is 0 Å². The number of halogens is 2. The molecule has 3 heterocycles. The van der Waals surface area contributed by atoms with Gasteiger partial charge in [-0.05, 0) is 81.5 Å². The van der Waals surface area contributed by atoms with Crippen LogP contribution in [0.15, 0.2) is 71.5 Å². The molecule has 2 amide bonds. The summed E-state index contributed by atoms with van der Waals surface area (Å²) in [6.45, 7) is 4.31. The largest absolute Gasteiger partial charge is 0.382 e. The van der Waals surface area contributed by atoms with Crippen molar-refractivity contribution in [3.63, 3.8) is 0 Å². The number of para-hydroxylation sites is 1. The van der Waals surface area contributed by atoms with Crippen molar-refractivity contribution >= 4 is 50.9 Å². The number of carbonyl (C=O) groups is 1. The van der Waals surface area contributed by atoms with Crippen LogP contribution in [0.4, 0.5) is 10.5 Å². The number of pyridine rings is 1. The number of H-pyrrole nitrogens is 1. The summed E-state index contributed by atoms with van der Waals surface area (Å²) in [5, 5.41) is 15.1. The van der Waals surface area contributed by atoms with Crippen LogP contribution in [0.2, 0.25) is 5.02 Å². The highest BCUT2D eigenvalue weighted by Crippen LogP contribution is 2.44. The van der Waals surface area contributed by atoms with Gasteiger partial charge in [0.05, 0.1) is 23.6 Å². The number of urea groups is 1. The number of aryl methyl sites for hydroxylation is 1. The third kappa shape index (κ3) is 5.30. The molecule has 2 aromatic carbocycles. The normalized spacial score (nSPS) is 17.9. The highest BCUT2D eigenvalue weighted by molar-refractivity contribution is 9.10. The maximum Gasteiger partial charge on any atom is 0.321 e. The average Bonchev–Trinajstić information content (AvgIpc) is 3.34. The molecule has 1 fully saturated rings. The number of aromatic nitrogens is 3. The Morgan fingerprint density at radius 3 is 2.60 bits per heavy atom.